The van der Waals surface area contributed by atoms with Crippen molar-refractivity contribution < 1.29 is 22.7 Å². The maximum atomic E-state index is 13.9. The van der Waals surface area contributed by atoms with Crippen LogP contribution in [-0.4, -0.2) is 23.5 Å². The lowest BCUT2D eigenvalue weighted by Gasteiger charge is -2.26. The maximum absolute atomic E-state index is 13.9. The quantitative estimate of drug-likeness (QED) is 0.444. The van der Waals surface area contributed by atoms with Gasteiger partial charge in [-0.2, -0.15) is 13.2 Å². The van der Waals surface area contributed by atoms with Crippen molar-refractivity contribution in [2.24, 2.45) is 17.3 Å². The Bertz CT molecular complexity index is 1100. The van der Waals surface area contributed by atoms with E-state index >= 15 is 0 Å². The van der Waals surface area contributed by atoms with Crippen molar-refractivity contribution >= 4 is 17.5 Å². The van der Waals surface area contributed by atoms with Crippen molar-refractivity contribution in [1.29, 1.82) is 0 Å². The van der Waals surface area contributed by atoms with Crippen LogP contribution in [0.5, 0.6) is 5.75 Å². The van der Waals surface area contributed by atoms with Gasteiger partial charge in [0.25, 0.3) is 0 Å². The first-order chi connectivity index (χ1) is 15.7. The van der Waals surface area contributed by atoms with E-state index in [2.05, 4.69) is 34.6 Å². The number of hydrogen-bond acceptors (Lipinski definition) is 2. The summed E-state index contributed by atoms with van der Waals surface area (Å²) in [5, 5.41) is 0.462. The van der Waals surface area contributed by atoms with E-state index in [9.17, 15) is 18.0 Å². The second-order valence-electron chi connectivity index (χ2n) is 11.0. The van der Waals surface area contributed by atoms with Crippen LogP contribution in [0, 0.1) is 17.3 Å². The fourth-order valence-corrected chi connectivity index (χ4v) is 5.01. The molecular weight excluding hydrogens is 463 g/mol. The predicted octanol–water partition coefficient (Wildman–Crippen LogP) is 7.38. The Balaban J connectivity index is 1.74. The molecule has 2 aromatic carbocycles. The fourth-order valence-electron chi connectivity index (χ4n) is 4.76. The molecule has 2 atom stereocenters. The number of benzene rings is 2. The topological polar surface area (TPSA) is 29.5 Å². The average molecular weight is 494 g/mol. The van der Waals surface area contributed by atoms with Gasteiger partial charge in [0.2, 0.25) is 5.91 Å². The summed E-state index contributed by atoms with van der Waals surface area (Å²) in [5.41, 5.74) is 1.51. The lowest BCUT2D eigenvalue weighted by molar-refractivity contribution is -0.137. The van der Waals surface area contributed by atoms with E-state index in [1.54, 1.807) is 17.0 Å². The third kappa shape index (κ3) is 5.07. The van der Waals surface area contributed by atoms with Crippen LogP contribution in [0.4, 0.5) is 13.2 Å². The number of carbonyl (C=O) groups is 1. The standard InChI is InChI=1S/C27H31ClF3NO2/c1-15(2)23-10-18-9-21(28)12-22(25(18)34-23)17-6-16(7-19(8-17)27(29,30)31)13-32-14-20(11-24(32)33)26(3,4)5/h6-9,12,15,20,23H,10-11,13-14H2,1-5H3. The summed E-state index contributed by atoms with van der Waals surface area (Å²) < 4.78 is 47.7. The van der Waals surface area contributed by atoms with Crippen LogP contribution < -0.4 is 4.74 Å². The van der Waals surface area contributed by atoms with Gasteiger partial charge >= 0.3 is 6.18 Å². The van der Waals surface area contributed by atoms with E-state index in [1.165, 1.54) is 0 Å². The zero-order chi connectivity index (χ0) is 25.0. The lowest BCUT2D eigenvalue weighted by atomic mass is 9.80. The summed E-state index contributed by atoms with van der Waals surface area (Å²) in [6.07, 6.45) is -3.48. The Labute approximate surface area is 204 Å². The molecule has 2 aromatic rings. The zero-order valence-electron chi connectivity index (χ0n) is 20.2. The summed E-state index contributed by atoms with van der Waals surface area (Å²) in [7, 11) is 0. The number of ether oxygens (including phenoxy) is 1. The van der Waals surface area contributed by atoms with E-state index in [-0.39, 0.29) is 35.8 Å². The highest BCUT2D eigenvalue weighted by atomic mass is 35.5. The first-order valence-electron chi connectivity index (χ1n) is 11.7. The van der Waals surface area contributed by atoms with Crippen molar-refractivity contribution in [2.45, 2.75) is 66.3 Å². The van der Waals surface area contributed by atoms with Crippen molar-refractivity contribution in [3.8, 4) is 16.9 Å². The molecule has 0 bridgehead atoms. The normalized spacial score (nSPS) is 20.8. The minimum atomic E-state index is -4.52. The van der Waals surface area contributed by atoms with Crippen LogP contribution in [0.2, 0.25) is 5.02 Å². The van der Waals surface area contributed by atoms with Gasteiger partial charge in [-0.15, -0.1) is 0 Å². The molecule has 0 radical (unpaired) electrons. The van der Waals surface area contributed by atoms with Crippen LogP contribution >= 0.6 is 11.6 Å². The molecule has 0 aromatic heterocycles. The Hall–Kier alpha value is -2.21. The molecule has 184 valence electrons. The molecule has 7 heteroatoms. The molecule has 0 spiro atoms. The Morgan fingerprint density at radius 3 is 2.38 bits per heavy atom. The van der Waals surface area contributed by atoms with Gasteiger partial charge in [0, 0.05) is 36.5 Å². The average Bonchev–Trinajstić information content (AvgIpc) is 3.30. The number of likely N-dealkylation sites (tertiary alicyclic amines) is 1. The van der Waals surface area contributed by atoms with Gasteiger partial charge in [0.05, 0.1) is 5.56 Å². The minimum Gasteiger partial charge on any atom is -0.489 e. The van der Waals surface area contributed by atoms with Gasteiger partial charge in [-0.05, 0) is 64.3 Å². The van der Waals surface area contributed by atoms with Gasteiger partial charge in [0.15, 0.2) is 0 Å². The molecule has 0 aliphatic carbocycles. The summed E-state index contributed by atoms with van der Waals surface area (Å²) >= 11 is 6.36. The summed E-state index contributed by atoms with van der Waals surface area (Å²) in [6.45, 7) is 11.0. The Morgan fingerprint density at radius 2 is 1.79 bits per heavy atom. The monoisotopic (exact) mass is 493 g/mol. The highest BCUT2D eigenvalue weighted by Crippen LogP contribution is 2.44. The van der Waals surface area contributed by atoms with Gasteiger partial charge in [-0.25, -0.2) is 0 Å². The molecule has 2 aliphatic rings. The van der Waals surface area contributed by atoms with Crippen LogP contribution in [0.3, 0.4) is 0 Å². The minimum absolute atomic E-state index is 0.0226. The molecule has 2 heterocycles. The number of halogens is 4. The zero-order valence-corrected chi connectivity index (χ0v) is 21.0. The smallest absolute Gasteiger partial charge is 0.416 e. The molecule has 0 saturated carbocycles. The van der Waals surface area contributed by atoms with Gasteiger partial charge in [-0.3, -0.25) is 4.79 Å². The number of amides is 1. The highest BCUT2D eigenvalue weighted by Gasteiger charge is 2.38. The highest BCUT2D eigenvalue weighted by molar-refractivity contribution is 6.31. The van der Waals surface area contributed by atoms with E-state index in [0.29, 0.717) is 46.8 Å². The molecule has 3 nitrogen and oxygen atoms in total. The molecule has 1 amide bonds. The van der Waals surface area contributed by atoms with Crippen molar-refractivity contribution in [2.75, 3.05) is 6.54 Å². The van der Waals surface area contributed by atoms with Crippen LogP contribution in [0.15, 0.2) is 30.3 Å². The number of rotatable bonds is 4. The third-order valence-electron chi connectivity index (χ3n) is 7.01. The van der Waals surface area contributed by atoms with Crippen molar-refractivity contribution in [3.05, 3.63) is 52.0 Å². The lowest BCUT2D eigenvalue weighted by Crippen LogP contribution is -2.27. The molecule has 34 heavy (non-hydrogen) atoms. The first-order valence-corrected chi connectivity index (χ1v) is 12.1. The number of carbonyl (C=O) groups excluding carboxylic acids is 1. The van der Waals surface area contributed by atoms with Gasteiger partial charge in [-0.1, -0.05) is 46.2 Å². The number of fused-ring (bicyclic) bond motifs is 1. The maximum Gasteiger partial charge on any atom is 0.416 e. The summed E-state index contributed by atoms with van der Waals surface area (Å²) in [5.74, 6) is 1.000. The number of nitrogens with zero attached hydrogens (tertiary/aromatic N) is 1. The van der Waals surface area contributed by atoms with Crippen molar-refractivity contribution in [1.82, 2.24) is 4.90 Å². The van der Waals surface area contributed by atoms with Gasteiger partial charge in [0.1, 0.15) is 11.9 Å². The van der Waals surface area contributed by atoms with E-state index in [1.807, 2.05) is 6.07 Å². The van der Waals surface area contributed by atoms with Crippen LogP contribution in [0.25, 0.3) is 11.1 Å². The molecule has 2 unspecified atom stereocenters. The molecule has 1 fully saturated rings. The number of alkyl halides is 3. The molecule has 0 N–H and O–H groups in total. The summed E-state index contributed by atoms with van der Waals surface area (Å²) in [4.78, 5) is 14.3. The molecule has 1 saturated heterocycles. The van der Waals surface area contributed by atoms with Crippen molar-refractivity contribution in [3.63, 3.8) is 0 Å². The largest absolute Gasteiger partial charge is 0.489 e. The molecule has 2 aliphatic heterocycles. The second-order valence-corrected chi connectivity index (χ2v) is 11.4. The van der Waals surface area contributed by atoms with Crippen LogP contribution in [-0.2, 0) is 23.9 Å². The van der Waals surface area contributed by atoms with Gasteiger partial charge < -0.3 is 9.64 Å². The SMILES string of the molecule is CC(C)C1Cc2cc(Cl)cc(-c3cc(CN4CC(C(C)(C)C)CC4=O)cc(C(F)(F)F)c3)c2O1. The van der Waals surface area contributed by atoms with E-state index in [4.69, 9.17) is 16.3 Å². The number of hydrogen-bond donors (Lipinski definition) is 0. The van der Waals surface area contributed by atoms with Crippen LogP contribution in [0.1, 0.15) is 57.7 Å². The Kier molecular flexibility index (Phi) is 6.43. The van der Waals surface area contributed by atoms with E-state index < -0.39 is 11.7 Å². The third-order valence-corrected chi connectivity index (χ3v) is 7.23. The van der Waals surface area contributed by atoms with E-state index in [0.717, 1.165) is 17.7 Å². The molecular formula is C27H31ClF3NO2. The second kappa shape index (κ2) is 8.78. The Morgan fingerprint density at radius 1 is 1.09 bits per heavy atom. The fraction of sp³-hybridized carbons (Fsp3) is 0.519. The first kappa shape index (κ1) is 24.9. The summed E-state index contributed by atoms with van der Waals surface area (Å²) in [6, 6.07) is 7.51. The molecule has 4 rings (SSSR count). The predicted molar refractivity (Wildman–Crippen MR) is 128 cm³/mol.